The lowest BCUT2D eigenvalue weighted by atomic mass is 10.3. The highest BCUT2D eigenvalue weighted by Gasteiger charge is 2.16. The molecule has 0 aromatic carbocycles. The zero-order chi connectivity index (χ0) is 11.3. The zero-order valence-corrected chi connectivity index (χ0v) is 9.64. The van der Waals surface area contributed by atoms with Crippen LogP contribution in [0.1, 0.15) is 0 Å². The second kappa shape index (κ2) is 5.67. The summed E-state index contributed by atoms with van der Waals surface area (Å²) in [5.41, 5.74) is 0. The van der Waals surface area contributed by atoms with Crippen LogP contribution in [0, 0.1) is 0 Å². The molecular formula is C9H12BrN3O2. The smallest absolute Gasteiger partial charge is 0.322 e. The Hall–Kier alpha value is -1.14. The van der Waals surface area contributed by atoms with Gasteiger partial charge in [0.05, 0.1) is 17.2 Å². The lowest BCUT2D eigenvalue weighted by molar-refractivity contribution is -0.139. The molecule has 1 aromatic rings. The molecule has 1 heterocycles. The molecule has 2 N–H and O–H groups in total. The van der Waals surface area contributed by atoms with Crippen LogP contribution in [-0.4, -0.2) is 33.4 Å². The number of nitrogens with zero attached hydrogens (tertiary/aromatic N) is 2. The average molecular weight is 274 g/mol. The molecule has 5 nitrogen and oxygen atoms in total. The van der Waals surface area contributed by atoms with Crippen molar-refractivity contribution in [2.45, 2.75) is 12.6 Å². The monoisotopic (exact) mass is 273 g/mol. The van der Waals surface area contributed by atoms with E-state index in [0.29, 0.717) is 6.54 Å². The predicted octanol–water partition coefficient (Wildman–Crippen LogP) is 0.874. The highest BCUT2D eigenvalue weighted by Crippen LogP contribution is 2.06. The summed E-state index contributed by atoms with van der Waals surface area (Å²) in [6.45, 7) is 4.26. The van der Waals surface area contributed by atoms with Crippen molar-refractivity contribution in [2.24, 2.45) is 0 Å². The number of carbonyl (C=O) groups is 1. The number of aliphatic carboxylic acids is 1. The molecule has 0 aliphatic heterocycles. The lowest BCUT2D eigenvalue weighted by Gasteiger charge is -2.12. The summed E-state index contributed by atoms with van der Waals surface area (Å²) >= 11 is 3.24. The Morgan fingerprint density at radius 1 is 1.87 bits per heavy atom. The maximum atomic E-state index is 10.9. The number of aromatic nitrogens is 2. The van der Waals surface area contributed by atoms with Crippen molar-refractivity contribution in [3.8, 4) is 0 Å². The molecule has 1 atom stereocenters. The molecule has 0 amide bonds. The van der Waals surface area contributed by atoms with Crippen molar-refractivity contribution in [1.82, 2.24) is 15.1 Å². The van der Waals surface area contributed by atoms with Crippen LogP contribution in [0.2, 0.25) is 0 Å². The third kappa shape index (κ3) is 3.85. The number of carboxylic acids is 1. The number of hydrogen-bond acceptors (Lipinski definition) is 3. The first kappa shape index (κ1) is 11.9. The van der Waals surface area contributed by atoms with Crippen LogP contribution in [0.4, 0.5) is 0 Å². The second-order valence-corrected chi connectivity index (χ2v) is 3.88. The first-order chi connectivity index (χ1) is 7.13. The average Bonchev–Trinajstić information content (AvgIpc) is 2.58. The molecule has 0 aliphatic rings. The fraction of sp³-hybridized carbons (Fsp3) is 0.333. The van der Waals surface area contributed by atoms with Gasteiger partial charge in [-0.25, -0.2) is 0 Å². The number of carboxylic acid groups (broad SMARTS) is 1. The van der Waals surface area contributed by atoms with Gasteiger partial charge in [-0.3, -0.25) is 14.8 Å². The molecule has 0 radical (unpaired) electrons. The minimum atomic E-state index is -0.900. The van der Waals surface area contributed by atoms with E-state index >= 15 is 0 Å². The van der Waals surface area contributed by atoms with E-state index in [2.05, 4.69) is 32.9 Å². The fourth-order valence-electron chi connectivity index (χ4n) is 1.08. The van der Waals surface area contributed by atoms with Crippen LogP contribution in [-0.2, 0) is 11.3 Å². The third-order valence-corrected chi connectivity index (χ3v) is 2.19. The molecule has 0 aliphatic carbocycles. The summed E-state index contributed by atoms with van der Waals surface area (Å²) in [6, 6.07) is -0.658. The van der Waals surface area contributed by atoms with Gasteiger partial charge in [-0.15, -0.1) is 6.58 Å². The van der Waals surface area contributed by atoms with Gasteiger partial charge in [0.25, 0.3) is 0 Å². The molecule has 0 spiro atoms. The fourth-order valence-corrected chi connectivity index (χ4v) is 1.41. The van der Waals surface area contributed by atoms with Crippen molar-refractivity contribution < 1.29 is 9.90 Å². The van der Waals surface area contributed by atoms with E-state index < -0.39 is 12.0 Å². The van der Waals surface area contributed by atoms with Crippen molar-refractivity contribution in [3.05, 3.63) is 29.5 Å². The molecular weight excluding hydrogens is 262 g/mol. The van der Waals surface area contributed by atoms with Gasteiger partial charge in [-0.1, -0.05) is 6.08 Å². The molecule has 0 saturated heterocycles. The summed E-state index contributed by atoms with van der Waals surface area (Å²) in [4.78, 5) is 10.9. The van der Waals surface area contributed by atoms with Crippen molar-refractivity contribution in [2.75, 3.05) is 6.54 Å². The Bertz CT molecular complexity index is 351. The van der Waals surface area contributed by atoms with Crippen molar-refractivity contribution in [3.63, 3.8) is 0 Å². The number of nitrogens with one attached hydrogen (secondary N) is 1. The SMILES string of the molecule is C=CCNC(Cn1cc(Br)cn1)C(=O)O. The molecule has 0 saturated carbocycles. The van der Waals surface area contributed by atoms with Gasteiger partial charge in [-0.05, 0) is 15.9 Å². The van der Waals surface area contributed by atoms with E-state index in [1.165, 1.54) is 0 Å². The number of hydrogen-bond donors (Lipinski definition) is 2. The van der Waals surface area contributed by atoms with Gasteiger partial charge >= 0.3 is 5.97 Å². The molecule has 1 rings (SSSR count). The van der Waals surface area contributed by atoms with E-state index in [-0.39, 0.29) is 6.54 Å². The van der Waals surface area contributed by atoms with E-state index in [1.807, 2.05) is 0 Å². The maximum Gasteiger partial charge on any atom is 0.322 e. The summed E-state index contributed by atoms with van der Waals surface area (Å²) in [7, 11) is 0. The van der Waals surface area contributed by atoms with Crippen LogP contribution in [0.25, 0.3) is 0 Å². The highest BCUT2D eigenvalue weighted by atomic mass is 79.9. The minimum absolute atomic E-state index is 0.286. The molecule has 0 fully saturated rings. The Kier molecular flexibility index (Phi) is 4.51. The number of halogens is 1. The second-order valence-electron chi connectivity index (χ2n) is 2.97. The van der Waals surface area contributed by atoms with Crippen LogP contribution in [0.5, 0.6) is 0 Å². The highest BCUT2D eigenvalue weighted by molar-refractivity contribution is 9.10. The zero-order valence-electron chi connectivity index (χ0n) is 8.06. The van der Waals surface area contributed by atoms with Crippen LogP contribution in [0.3, 0.4) is 0 Å². The van der Waals surface area contributed by atoms with Gasteiger partial charge < -0.3 is 5.11 Å². The van der Waals surface area contributed by atoms with Gasteiger partial charge in [0.15, 0.2) is 0 Å². The van der Waals surface area contributed by atoms with Crippen LogP contribution >= 0.6 is 15.9 Å². The van der Waals surface area contributed by atoms with Gasteiger partial charge in [-0.2, -0.15) is 5.10 Å². The third-order valence-electron chi connectivity index (χ3n) is 1.78. The van der Waals surface area contributed by atoms with Crippen molar-refractivity contribution in [1.29, 1.82) is 0 Å². The first-order valence-corrected chi connectivity index (χ1v) is 5.18. The number of rotatable bonds is 6. The van der Waals surface area contributed by atoms with Crippen LogP contribution in [0.15, 0.2) is 29.5 Å². The molecule has 82 valence electrons. The molecule has 1 aromatic heterocycles. The van der Waals surface area contributed by atoms with E-state index in [9.17, 15) is 4.79 Å². The Morgan fingerprint density at radius 3 is 3.07 bits per heavy atom. The topological polar surface area (TPSA) is 67.2 Å². The summed E-state index contributed by atoms with van der Waals surface area (Å²) in [6.07, 6.45) is 4.97. The Labute approximate surface area is 95.9 Å². The largest absolute Gasteiger partial charge is 0.480 e. The van der Waals surface area contributed by atoms with Gasteiger partial charge in [0.2, 0.25) is 0 Å². The van der Waals surface area contributed by atoms with Gasteiger partial charge in [0.1, 0.15) is 6.04 Å². The standard InChI is InChI=1S/C9H12BrN3O2/c1-2-3-11-8(9(14)15)6-13-5-7(10)4-12-13/h2,4-5,8,11H,1,3,6H2,(H,14,15). The molecule has 15 heavy (non-hydrogen) atoms. The summed E-state index contributed by atoms with van der Waals surface area (Å²) < 4.78 is 2.40. The maximum absolute atomic E-state index is 10.9. The first-order valence-electron chi connectivity index (χ1n) is 4.38. The van der Waals surface area contributed by atoms with Crippen molar-refractivity contribution >= 4 is 21.9 Å². The summed E-state index contributed by atoms with van der Waals surface area (Å²) in [5, 5.41) is 15.7. The predicted molar refractivity (Wildman–Crippen MR) is 59.6 cm³/mol. The molecule has 6 heteroatoms. The van der Waals surface area contributed by atoms with Gasteiger partial charge in [0, 0.05) is 12.7 Å². The minimum Gasteiger partial charge on any atom is -0.480 e. The Balaban J connectivity index is 2.58. The Morgan fingerprint density at radius 2 is 2.60 bits per heavy atom. The van der Waals surface area contributed by atoms with E-state index in [4.69, 9.17) is 5.11 Å². The van der Waals surface area contributed by atoms with E-state index in [0.717, 1.165) is 4.47 Å². The molecule has 0 bridgehead atoms. The normalized spacial score (nSPS) is 12.3. The van der Waals surface area contributed by atoms with Crippen LogP contribution < -0.4 is 5.32 Å². The molecule has 1 unspecified atom stereocenters. The quantitative estimate of drug-likeness (QED) is 0.755. The lowest BCUT2D eigenvalue weighted by Crippen LogP contribution is -2.40. The summed E-state index contributed by atoms with van der Waals surface area (Å²) in [5.74, 6) is -0.900. The van der Waals surface area contributed by atoms with E-state index in [1.54, 1.807) is 23.2 Å².